The molecule has 0 bridgehead atoms. The summed E-state index contributed by atoms with van der Waals surface area (Å²) in [6.07, 6.45) is 0. The molecule has 1 aromatic heterocycles. The van der Waals surface area contributed by atoms with Gasteiger partial charge in [-0.25, -0.2) is 0 Å². The number of pyridine rings is 1. The predicted molar refractivity (Wildman–Crippen MR) is 110 cm³/mol. The first kappa shape index (κ1) is 19.8. The second-order valence-electron chi connectivity index (χ2n) is 6.53. The molecule has 0 saturated heterocycles. The highest BCUT2D eigenvalue weighted by Crippen LogP contribution is 2.32. The minimum atomic E-state index is -0.624. The van der Waals surface area contributed by atoms with Gasteiger partial charge in [-0.15, -0.1) is 0 Å². The molecule has 8 heteroatoms. The van der Waals surface area contributed by atoms with E-state index in [0.29, 0.717) is 16.9 Å². The fourth-order valence-electron chi connectivity index (χ4n) is 2.86. The number of benzene rings is 2. The van der Waals surface area contributed by atoms with Gasteiger partial charge in [0, 0.05) is 23.5 Å². The number of H-pyrrole nitrogens is 1. The van der Waals surface area contributed by atoms with E-state index in [2.05, 4.69) is 10.3 Å². The van der Waals surface area contributed by atoms with Crippen molar-refractivity contribution in [3.63, 3.8) is 0 Å². The van der Waals surface area contributed by atoms with Gasteiger partial charge in [-0.05, 0) is 37.1 Å². The first-order chi connectivity index (χ1) is 13.8. The lowest BCUT2D eigenvalue weighted by molar-refractivity contribution is -0.385. The second-order valence-corrected chi connectivity index (χ2v) is 6.53. The van der Waals surface area contributed by atoms with Crippen molar-refractivity contribution in [1.29, 1.82) is 0 Å². The minimum Gasteiger partial charge on any atom is -0.490 e. The molecule has 0 aliphatic heterocycles. The highest BCUT2D eigenvalue weighted by molar-refractivity contribution is 6.04. The molecule has 0 aliphatic rings. The summed E-state index contributed by atoms with van der Waals surface area (Å²) in [5.74, 6) is -0.611. The Labute approximate surface area is 166 Å². The van der Waals surface area contributed by atoms with Crippen molar-refractivity contribution in [2.75, 3.05) is 12.4 Å². The first-order valence-corrected chi connectivity index (χ1v) is 8.75. The molecule has 8 nitrogen and oxygen atoms in total. The van der Waals surface area contributed by atoms with Crippen LogP contribution in [0.4, 0.5) is 11.4 Å². The van der Waals surface area contributed by atoms with Crippen LogP contribution in [0, 0.1) is 24.0 Å². The summed E-state index contributed by atoms with van der Waals surface area (Å²) in [5, 5.41) is 13.7. The Hall–Kier alpha value is -3.94. The minimum absolute atomic E-state index is 0.0135. The van der Waals surface area contributed by atoms with Gasteiger partial charge in [-0.3, -0.25) is 19.7 Å². The zero-order chi connectivity index (χ0) is 21.1. The lowest BCUT2D eigenvalue weighted by Crippen LogP contribution is -2.23. The van der Waals surface area contributed by atoms with Gasteiger partial charge in [0.1, 0.15) is 5.56 Å². The van der Waals surface area contributed by atoms with Crippen LogP contribution in [-0.4, -0.2) is 22.9 Å². The molecule has 148 valence electrons. The normalized spacial score (nSPS) is 10.4. The molecular formula is C21H19N3O5. The predicted octanol–water partition coefficient (Wildman–Crippen LogP) is 3.83. The third-order valence-electron chi connectivity index (χ3n) is 4.49. The van der Waals surface area contributed by atoms with Gasteiger partial charge in [-0.1, -0.05) is 29.8 Å². The van der Waals surface area contributed by atoms with Crippen LogP contribution in [0.1, 0.15) is 21.5 Å². The van der Waals surface area contributed by atoms with E-state index in [1.165, 1.54) is 25.3 Å². The summed E-state index contributed by atoms with van der Waals surface area (Å²) in [7, 11) is 1.30. The number of methoxy groups -OCH3 is 1. The van der Waals surface area contributed by atoms with Gasteiger partial charge in [0.2, 0.25) is 0 Å². The zero-order valence-corrected chi connectivity index (χ0v) is 16.1. The van der Waals surface area contributed by atoms with Crippen molar-refractivity contribution in [3.8, 4) is 17.0 Å². The van der Waals surface area contributed by atoms with E-state index in [1.54, 1.807) is 13.0 Å². The molecule has 3 rings (SSSR count). The number of hydrogen-bond donors (Lipinski definition) is 2. The quantitative estimate of drug-likeness (QED) is 0.505. The molecule has 29 heavy (non-hydrogen) atoms. The van der Waals surface area contributed by atoms with Crippen molar-refractivity contribution in [2.45, 2.75) is 13.8 Å². The van der Waals surface area contributed by atoms with Crippen molar-refractivity contribution in [3.05, 3.63) is 85.7 Å². The Kier molecular flexibility index (Phi) is 5.45. The third-order valence-corrected chi connectivity index (χ3v) is 4.49. The molecular weight excluding hydrogens is 374 g/mol. The Bertz CT molecular complexity index is 1150. The van der Waals surface area contributed by atoms with Gasteiger partial charge in [0.15, 0.2) is 5.75 Å². The number of aromatic nitrogens is 1. The van der Waals surface area contributed by atoms with E-state index in [-0.39, 0.29) is 17.0 Å². The van der Waals surface area contributed by atoms with E-state index in [1.807, 2.05) is 31.2 Å². The number of carbonyl (C=O) groups excluding carboxylic acids is 1. The summed E-state index contributed by atoms with van der Waals surface area (Å²) in [6.45, 7) is 3.59. The largest absolute Gasteiger partial charge is 0.490 e. The van der Waals surface area contributed by atoms with Crippen LogP contribution < -0.4 is 15.6 Å². The second kappa shape index (κ2) is 7.97. The van der Waals surface area contributed by atoms with Crippen LogP contribution in [0.15, 0.2) is 53.3 Å². The smallest absolute Gasteiger partial charge is 0.311 e. The van der Waals surface area contributed by atoms with Crippen LogP contribution in [0.3, 0.4) is 0 Å². The number of nitro benzene ring substituents is 1. The molecule has 1 heterocycles. The summed E-state index contributed by atoms with van der Waals surface area (Å²) in [6, 6.07) is 13.4. The van der Waals surface area contributed by atoms with Gasteiger partial charge in [-0.2, -0.15) is 0 Å². The third kappa shape index (κ3) is 4.16. The monoisotopic (exact) mass is 393 g/mol. The maximum absolute atomic E-state index is 12.6. The number of nitrogens with zero attached hydrogens (tertiary/aromatic N) is 1. The maximum Gasteiger partial charge on any atom is 0.311 e. The molecule has 3 aromatic rings. The van der Waals surface area contributed by atoms with Crippen molar-refractivity contribution in [2.24, 2.45) is 0 Å². The van der Waals surface area contributed by atoms with E-state index in [4.69, 9.17) is 4.74 Å². The van der Waals surface area contributed by atoms with Crippen LogP contribution >= 0.6 is 0 Å². The maximum atomic E-state index is 12.6. The number of amides is 1. The fraction of sp³-hybridized carbons (Fsp3) is 0.143. The summed E-state index contributed by atoms with van der Waals surface area (Å²) >= 11 is 0. The molecule has 0 unspecified atom stereocenters. The fourth-order valence-corrected chi connectivity index (χ4v) is 2.86. The molecule has 1 amide bonds. The zero-order valence-electron chi connectivity index (χ0n) is 16.1. The van der Waals surface area contributed by atoms with Crippen LogP contribution in [0.5, 0.6) is 5.75 Å². The molecule has 0 spiro atoms. The number of nitro groups is 1. The number of hydrogen-bond acceptors (Lipinski definition) is 5. The van der Waals surface area contributed by atoms with Gasteiger partial charge < -0.3 is 15.0 Å². The average Bonchev–Trinajstić information content (AvgIpc) is 2.69. The number of anilines is 1. The molecule has 0 saturated carbocycles. The van der Waals surface area contributed by atoms with Gasteiger partial charge >= 0.3 is 5.69 Å². The number of aromatic amines is 1. The number of nitrogens with one attached hydrogen (secondary N) is 2. The van der Waals surface area contributed by atoms with E-state index < -0.39 is 16.4 Å². The highest BCUT2D eigenvalue weighted by Gasteiger charge is 2.19. The van der Waals surface area contributed by atoms with Crippen molar-refractivity contribution >= 4 is 17.3 Å². The number of rotatable bonds is 5. The molecule has 0 aliphatic carbocycles. The molecule has 0 radical (unpaired) electrons. The Balaban J connectivity index is 1.89. The Morgan fingerprint density at radius 1 is 1.10 bits per heavy atom. The molecule has 0 atom stereocenters. The van der Waals surface area contributed by atoms with Crippen LogP contribution in [-0.2, 0) is 0 Å². The van der Waals surface area contributed by atoms with Crippen molar-refractivity contribution < 1.29 is 14.5 Å². The lowest BCUT2D eigenvalue weighted by Gasteiger charge is -2.11. The van der Waals surface area contributed by atoms with Gasteiger partial charge in [0.05, 0.1) is 12.0 Å². The standard InChI is InChI=1S/C21H19N3O5/c1-12-4-6-14(7-5-12)16-9-8-15(20(25)22-16)21(26)23-17-11-19(29-3)18(24(27)28)10-13(17)2/h4-11H,1-3H3,(H,22,25)(H,23,26). The number of carbonyl (C=O) groups is 1. The average molecular weight is 393 g/mol. The van der Waals surface area contributed by atoms with E-state index in [0.717, 1.165) is 11.1 Å². The Morgan fingerprint density at radius 2 is 1.79 bits per heavy atom. The lowest BCUT2D eigenvalue weighted by atomic mass is 10.1. The van der Waals surface area contributed by atoms with E-state index in [9.17, 15) is 19.7 Å². The SMILES string of the molecule is COc1cc(NC(=O)c2ccc(-c3ccc(C)cc3)[nH]c2=O)c(C)cc1[N+](=O)[O-]. The van der Waals surface area contributed by atoms with Gasteiger partial charge in [0.25, 0.3) is 11.5 Å². The highest BCUT2D eigenvalue weighted by atomic mass is 16.6. The van der Waals surface area contributed by atoms with Crippen LogP contribution in [0.25, 0.3) is 11.3 Å². The van der Waals surface area contributed by atoms with E-state index >= 15 is 0 Å². The van der Waals surface area contributed by atoms with Crippen molar-refractivity contribution in [1.82, 2.24) is 4.98 Å². The Morgan fingerprint density at radius 3 is 2.38 bits per heavy atom. The van der Waals surface area contributed by atoms with Crippen LogP contribution in [0.2, 0.25) is 0 Å². The summed E-state index contributed by atoms with van der Waals surface area (Å²) in [5.41, 5.74) is 2.50. The summed E-state index contributed by atoms with van der Waals surface area (Å²) in [4.78, 5) is 38.3. The number of aryl methyl sites for hydroxylation is 2. The molecule has 0 fully saturated rings. The molecule has 2 N–H and O–H groups in total. The first-order valence-electron chi connectivity index (χ1n) is 8.75. The topological polar surface area (TPSA) is 114 Å². The molecule has 2 aromatic carbocycles. The number of ether oxygens (including phenoxy) is 1. The summed E-state index contributed by atoms with van der Waals surface area (Å²) < 4.78 is 5.03.